The van der Waals surface area contributed by atoms with E-state index >= 15 is 0 Å². The summed E-state index contributed by atoms with van der Waals surface area (Å²) in [5.74, 6) is 0.389. The van der Waals surface area contributed by atoms with Crippen LogP contribution in [-0.2, 0) is 9.53 Å². The second kappa shape index (κ2) is 9.00. The van der Waals surface area contributed by atoms with Crippen LogP contribution in [0.4, 0.5) is 0 Å². The summed E-state index contributed by atoms with van der Waals surface area (Å²) in [6.07, 6.45) is 11.1. The van der Waals surface area contributed by atoms with E-state index in [2.05, 4.69) is 26.0 Å². The molecule has 0 aromatic carbocycles. The van der Waals surface area contributed by atoms with Gasteiger partial charge in [-0.3, -0.25) is 4.79 Å². The highest BCUT2D eigenvalue weighted by molar-refractivity contribution is 5.75. The number of carbonyl (C=O) groups is 1. The highest BCUT2D eigenvalue weighted by Gasteiger charge is 2.46. The van der Waals surface area contributed by atoms with Crippen molar-refractivity contribution in [3.63, 3.8) is 0 Å². The number of aliphatic hydroxyl groups excluding tert-OH is 2. The molecule has 1 unspecified atom stereocenters. The molecule has 3 fully saturated rings. The van der Waals surface area contributed by atoms with Gasteiger partial charge in [0.05, 0.1) is 17.6 Å². The molecule has 2 N–H and O–H groups in total. The lowest BCUT2D eigenvalue weighted by Gasteiger charge is -2.40. The fourth-order valence-corrected chi connectivity index (χ4v) is 5.76. The number of hydrogen-bond donors (Lipinski definition) is 2. The van der Waals surface area contributed by atoms with Crippen molar-refractivity contribution in [2.24, 2.45) is 16.7 Å². The summed E-state index contributed by atoms with van der Waals surface area (Å²) in [7, 11) is 0. The van der Waals surface area contributed by atoms with E-state index in [1.807, 2.05) is 20.8 Å². The Balaban J connectivity index is 1.75. The summed E-state index contributed by atoms with van der Waals surface area (Å²) in [6, 6.07) is 0. The molecule has 3 aliphatic rings. The molecule has 0 amide bonds. The predicted molar refractivity (Wildman–Crippen MR) is 120 cm³/mol. The summed E-state index contributed by atoms with van der Waals surface area (Å²) in [5, 5.41) is 19.9. The fraction of sp³-hybridized carbons (Fsp3) is 0.731. The molecule has 0 radical (unpaired) electrons. The van der Waals surface area contributed by atoms with E-state index in [0.29, 0.717) is 31.8 Å². The van der Waals surface area contributed by atoms with Crippen molar-refractivity contribution >= 4 is 5.97 Å². The summed E-state index contributed by atoms with van der Waals surface area (Å²) < 4.78 is 5.61. The zero-order chi connectivity index (χ0) is 22.1. The number of ether oxygens (including phenoxy) is 1. The van der Waals surface area contributed by atoms with Crippen LogP contribution in [-0.4, -0.2) is 35.0 Å². The Morgan fingerprint density at radius 3 is 2.47 bits per heavy atom. The number of esters is 1. The van der Waals surface area contributed by atoms with Crippen molar-refractivity contribution in [3.8, 4) is 0 Å². The van der Waals surface area contributed by atoms with Gasteiger partial charge in [-0.25, -0.2) is 0 Å². The number of rotatable bonds is 3. The molecule has 4 heteroatoms. The van der Waals surface area contributed by atoms with Crippen LogP contribution in [0, 0.1) is 16.7 Å². The lowest BCUT2D eigenvalue weighted by atomic mass is 9.65. The second-order valence-corrected chi connectivity index (χ2v) is 11.0. The summed E-state index contributed by atoms with van der Waals surface area (Å²) in [6.45, 7) is 10.6. The van der Waals surface area contributed by atoms with Gasteiger partial charge in [-0.2, -0.15) is 0 Å². The Bertz CT molecular complexity index is 739. The van der Waals surface area contributed by atoms with Gasteiger partial charge >= 0.3 is 5.97 Å². The lowest BCUT2D eigenvalue weighted by molar-refractivity contribution is -0.151. The zero-order valence-electron chi connectivity index (χ0n) is 19.5. The Morgan fingerprint density at radius 1 is 1.17 bits per heavy atom. The highest BCUT2D eigenvalue weighted by Crippen LogP contribution is 2.58. The van der Waals surface area contributed by atoms with Crippen LogP contribution in [0.5, 0.6) is 0 Å². The van der Waals surface area contributed by atoms with Gasteiger partial charge in [0, 0.05) is 0 Å². The first-order valence-corrected chi connectivity index (χ1v) is 11.6. The van der Waals surface area contributed by atoms with Crippen LogP contribution in [0.25, 0.3) is 0 Å². The topological polar surface area (TPSA) is 66.8 Å². The molecule has 4 nitrogen and oxygen atoms in total. The molecule has 0 spiro atoms. The highest BCUT2D eigenvalue weighted by atomic mass is 16.5. The largest absolute Gasteiger partial charge is 0.461 e. The molecule has 3 aliphatic carbocycles. The van der Waals surface area contributed by atoms with Gasteiger partial charge in [-0.15, -0.1) is 0 Å². The number of carbonyl (C=O) groups excluding carboxylic acids is 1. The summed E-state index contributed by atoms with van der Waals surface area (Å²) in [5.41, 5.74) is 5.03. The molecule has 30 heavy (non-hydrogen) atoms. The van der Waals surface area contributed by atoms with Crippen molar-refractivity contribution in [1.29, 1.82) is 0 Å². The molecule has 3 rings (SSSR count). The SMILES string of the molecule is CC(COC(=O)C(C)(C)C)=C1CCC2C(=CC=C3C[C@@H](O)C[C@H](O)C3)CCC[C@]12C. The number of fused-ring (bicyclic) bond motifs is 1. The van der Waals surface area contributed by atoms with Crippen LogP contribution in [0.15, 0.2) is 34.4 Å². The average molecular weight is 417 g/mol. The van der Waals surface area contributed by atoms with E-state index in [4.69, 9.17) is 4.74 Å². The third kappa shape index (κ3) is 5.08. The van der Waals surface area contributed by atoms with E-state index in [-0.39, 0.29) is 11.4 Å². The summed E-state index contributed by atoms with van der Waals surface area (Å²) in [4.78, 5) is 12.2. The molecule has 4 atom stereocenters. The van der Waals surface area contributed by atoms with Crippen molar-refractivity contribution in [2.75, 3.05) is 6.61 Å². The molecule has 0 bridgehead atoms. The van der Waals surface area contributed by atoms with Crippen LogP contribution < -0.4 is 0 Å². The molecule has 3 saturated carbocycles. The molecule has 0 aromatic rings. The Labute approximate surface area is 182 Å². The first kappa shape index (κ1) is 23.3. The van der Waals surface area contributed by atoms with E-state index in [1.54, 1.807) is 0 Å². The van der Waals surface area contributed by atoms with Crippen LogP contribution in [0.3, 0.4) is 0 Å². The van der Waals surface area contributed by atoms with Gasteiger partial charge in [0.15, 0.2) is 0 Å². The van der Waals surface area contributed by atoms with E-state index in [0.717, 1.165) is 24.8 Å². The minimum absolute atomic E-state index is 0.144. The maximum absolute atomic E-state index is 12.2. The molecule has 0 aromatic heterocycles. The van der Waals surface area contributed by atoms with Crippen molar-refractivity contribution in [3.05, 3.63) is 34.4 Å². The number of hydrogen-bond acceptors (Lipinski definition) is 4. The first-order chi connectivity index (χ1) is 14.0. The van der Waals surface area contributed by atoms with E-state index in [1.165, 1.54) is 29.6 Å². The van der Waals surface area contributed by atoms with Gasteiger partial charge in [-0.1, -0.05) is 35.8 Å². The van der Waals surface area contributed by atoms with Crippen LogP contribution in [0.2, 0.25) is 0 Å². The van der Waals surface area contributed by atoms with E-state index < -0.39 is 17.6 Å². The maximum Gasteiger partial charge on any atom is 0.311 e. The van der Waals surface area contributed by atoms with Gasteiger partial charge in [0.2, 0.25) is 0 Å². The molecule has 0 saturated heterocycles. The van der Waals surface area contributed by atoms with Gasteiger partial charge in [0.25, 0.3) is 0 Å². The zero-order valence-corrected chi connectivity index (χ0v) is 19.5. The molecule has 0 heterocycles. The fourth-order valence-electron chi connectivity index (χ4n) is 5.76. The second-order valence-electron chi connectivity index (χ2n) is 11.0. The Morgan fingerprint density at radius 2 is 1.83 bits per heavy atom. The first-order valence-electron chi connectivity index (χ1n) is 11.6. The van der Waals surface area contributed by atoms with Crippen LogP contribution in [0.1, 0.15) is 86.0 Å². The quantitative estimate of drug-likeness (QED) is 0.487. The maximum atomic E-state index is 12.2. The minimum atomic E-state index is -0.471. The molecule has 0 aliphatic heterocycles. The molecular weight excluding hydrogens is 376 g/mol. The third-order valence-corrected chi connectivity index (χ3v) is 7.37. The van der Waals surface area contributed by atoms with Gasteiger partial charge < -0.3 is 14.9 Å². The van der Waals surface area contributed by atoms with E-state index in [9.17, 15) is 15.0 Å². The van der Waals surface area contributed by atoms with Crippen molar-refractivity contribution in [2.45, 2.75) is 98.2 Å². The molecular formula is C26H40O4. The Kier molecular flexibility index (Phi) is 6.98. The standard InChI is InChI=1S/C26H40O4/c1-17(16-30-24(29)25(2,3)4)22-10-11-23-19(7-6-12-26(22,23)5)9-8-18-13-20(27)15-21(28)14-18/h8-9,20-21,23,27-28H,6-7,10-16H2,1-5H3/t20-,21-,23?,26-/m1/s1. The third-order valence-electron chi connectivity index (χ3n) is 7.37. The molecule has 168 valence electrons. The van der Waals surface area contributed by atoms with Crippen molar-refractivity contribution in [1.82, 2.24) is 0 Å². The van der Waals surface area contributed by atoms with Crippen LogP contribution >= 0.6 is 0 Å². The smallest absolute Gasteiger partial charge is 0.311 e. The average Bonchev–Trinajstić information content (AvgIpc) is 3.00. The summed E-state index contributed by atoms with van der Waals surface area (Å²) >= 11 is 0. The van der Waals surface area contributed by atoms with Gasteiger partial charge in [-0.05, 0) is 96.0 Å². The predicted octanol–water partition coefficient (Wildman–Crippen LogP) is 5.25. The van der Waals surface area contributed by atoms with Crippen molar-refractivity contribution < 1.29 is 19.7 Å². The number of allylic oxidation sites excluding steroid dienone is 4. The minimum Gasteiger partial charge on any atom is -0.461 e. The number of aliphatic hydroxyl groups is 2. The lowest BCUT2D eigenvalue weighted by Crippen LogP contribution is -2.30. The normalized spacial score (nSPS) is 35.2. The Hall–Kier alpha value is -1.39. The van der Waals surface area contributed by atoms with Gasteiger partial charge in [0.1, 0.15) is 6.61 Å². The monoisotopic (exact) mass is 416 g/mol.